The summed E-state index contributed by atoms with van der Waals surface area (Å²) in [7, 11) is 0. The lowest BCUT2D eigenvalue weighted by Crippen LogP contribution is -2.42. The standard InChI is InChI=1S/C16H32N2O/c1-13(2)10-17-11-14-6-5-9-18(14)12-15-7-8-16(3,4)19-15/h13-15,17H,5-12H2,1-4H3. The monoisotopic (exact) mass is 268 g/mol. The number of nitrogens with one attached hydrogen (secondary N) is 1. The predicted octanol–water partition coefficient (Wildman–Crippen LogP) is 2.65. The van der Waals surface area contributed by atoms with E-state index in [4.69, 9.17) is 4.74 Å². The molecule has 0 radical (unpaired) electrons. The van der Waals surface area contributed by atoms with Crippen molar-refractivity contribution in [3.63, 3.8) is 0 Å². The highest BCUT2D eigenvalue weighted by molar-refractivity contribution is 4.87. The molecule has 2 aliphatic rings. The molecule has 2 rings (SSSR count). The molecule has 3 nitrogen and oxygen atoms in total. The van der Waals surface area contributed by atoms with Gasteiger partial charge in [0.1, 0.15) is 0 Å². The normalized spacial score (nSPS) is 31.4. The minimum Gasteiger partial charge on any atom is -0.371 e. The minimum atomic E-state index is 0.107. The van der Waals surface area contributed by atoms with E-state index in [-0.39, 0.29) is 5.60 Å². The molecule has 0 aliphatic carbocycles. The smallest absolute Gasteiger partial charge is 0.0710 e. The molecule has 2 aliphatic heterocycles. The molecule has 0 bridgehead atoms. The fourth-order valence-corrected chi connectivity index (χ4v) is 3.37. The van der Waals surface area contributed by atoms with Crippen LogP contribution in [0.3, 0.4) is 0 Å². The Labute approximate surface area is 119 Å². The van der Waals surface area contributed by atoms with Gasteiger partial charge in [-0.25, -0.2) is 0 Å². The summed E-state index contributed by atoms with van der Waals surface area (Å²) < 4.78 is 6.14. The van der Waals surface area contributed by atoms with Gasteiger partial charge in [-0.3, -0.25) is 4.90 Å². The van der Waals surface area contributed by atoms with Crippen LogP contribution in [0.5, 0.6) is 0 Å². The first kappa shape index (κ1) is 15.3. The maximum absolute atomic E-state index is 6.14. The third-order valence-electron chi connectivity index (χ3n) is 4.42. The van der Waals surface area contributed by atoms with Crippen molar-refractivity contribution < 1.29 is 4.74 Å². The lowest BCUT2D eigenvalue weighted by Gasteiger charge is -2.28. The van der Waals surface area contributed by atoms with E-state index in [1.165, 1.54) is 32.2 Å². The second-order valence-electron chi connectivity index (χ2n) is 7.38. The van der Waals surface area contributed by atoms with Crippen molar-refractivity contribution in [1.82, 2.24) is 10.2 Å². The molecule has 19 heavy (non-hydrogen) atoms. The number of hydrogen-bond donors (Lipinski definition) is 1. The van der Waals surface area contributed by atoms with Crippen LogP contribution in [0.2, 0.25) is 0 Å². The summed E-state index contributed by atoms with van der Waals surface area (Å²) in [4.78, 5) is 2.65. The van der Waals surface area contributed by atoms with Gasteiger partial charge >= 0.3 is 0 Å². The summed E-state index contributed by atoms with van der Waals surface area (Å²) in [6.45, 7) is 13.7. The molecule has 2 heterocycles. The zero-order chi connectivity index (χ0) is 13.9. The number of ether oxygens (including phenoxy) is 1. The second kappa shape index (κ2) is 6.55. The fraction of sp³-hybridized carbons (Fsp3) is 1.00. The van der Waals surface area contributed by atoms with Crippen molar-refractivity contribution in [1.29, 1.82) is 0 Å². The van der Waals surface area contributed by atoms with Gasteiger partial charge in [-0.2, -0.15) is 0 Å². The van der Waals surface area contributed by atoms with Crippen molar-refractivity contribution >= 4 is 0 Å². The van der Waals surface area contributed by atoms with Gasteiger partial charge in [0.05, 0.1) is 11.7 Å². The van der Waals surface area contributed by atoms with Crippen molar-refractivity contribution in [2.45, 2.75) is 71.1 Å². The second-order valence-corrected chi connectivity index (χ2v) is 7.38. The maximum atomic E-state index is 6.14. The molecule has 0 aromatic carbocycles. The van der Waals surface area contributed by atoms with Crippen LogP contribution in [-0.4, -0.2) is 48.8 Å². The lowest BCUT2D eigenvalue weighted by molar-refractivity contribution is -0.0300. The zero-order valence-corrected chi connectivity index (χ0v) is 13.2. The molecule has 0 aromatic heterocycles. The van der Waals surface area contributed by atoms with Crippen molar-refractivity contribution in [2.24, 2.45) is 5.92 Å². The molecule has 1 N–H and O–H groups in total. The molecule has 2 fully saturated rings. The van der Waals surface area contributed by atoms with Crippen molar-refractivity contribution in [3.8, 4) is 0 Å². The molecule has 0 aromatic rings. The predicted molar refractivity (Wildman–Crippen MR) is 80.5 cm³/mol. The lowest BCUT2D eigenvalue weighted by atomic mass is 10.1. The third-order valence-corrected chi connectivity index (χ3v) is 4.42. The van der Waals surface area contributed by atoms with E-state index in [2.05, 4.69) is 37.9 Å². The highest BCUT2D eigenvalue weighted by Gasteiger charge is 2.34. The van der Waals surface area contributed by atoms with Gasteiger partial charge < -0.3 is 10.1 Å². The highest BCUT2D eigenvalue weighted by Crippen LogP contribution is 2.31. The van der Waals surface area contributed by atoms with Crippen LogP contribution >= 0.6 is 0 Å². The van der Waals surface area contributed by atoms with Gasteiger partial charge in [0.25, 0.3) is 0 Å². The van der Waals surface area contributed by atoms with Gasteiger partial charge in [-0.15, -0.1) is 0 Å². The van der Waals surface area contributed by atoms with Crippen LogP contribution in [-0.2, 0) is 4.74 Å². The fourth-order valence-electron chi connectivity index (χ4n) is 3.37. The first-order valence-electron chi connectivity index (χ1n) is 8.09. The van der Waals surface area contributed by atoms with Crippen LogP contribution in [0.4, 0.5) is 0 Å². The van der Waals surface area contributed by atoms with E-state index in [9.17, 15) is 0 Å². The Morgan fingerprint density at radius 2 is 2.11 bits per heavy atom. The molecule has 0 spiro atoms. The topological polar surface area (TPSA) is 24.5 Å². The number of likely N-dealkylation sites (tertiary alicyclic amines) is 1. The molecule has 2 unspecified atom stereocenters. The minimum absolute atomic E-state index is 0.107. The molecule has 2 saturated heterocycles. The van der Waals surface area contributed by atoms with E-state index in [0.29, 0.717) is 6.10 Å². The third kappa shape index (κ3) is 4.73. The Kier molecular flexibility index (Phi) is 5.27. The van der Waals surface area contributed by atoms with E-state index in [1.54, 1.807) is 0 Å². The summed E-state index contributed by atoms with van der Waals surface area (Å²) in [5, 5.41) is 3.62. The highest BCUT2D eigenvalue weighted by atomic mass is 16.5. The molecule has 0 amide bonds. The average Bonchev–Trinajstić information content (AvgIpc) is 2.86. The van der Waals surface area contributed by atoms with Gasteiger partial charge in [-0.05, 0) is 58.5 Å². The largest absolute Gasteiger partial charge is 0.371 e. The Balaban J connectivity index is 1.73. The number of rotatable bonds is 6. The van der Waals surface area contributed by atoms with E-state index < -0.39 is 0 Å². The van der Waals surface area contributed by atoms with Crippen LogP contribution in [0, 0.1) is 5.92 Å². The summed E-state index contributed by atoms with van der Waals surface area (Å²) in [5.41, 5.74) is 0.107. The van der Waals surface area contributed by atoms with Gasteiger partial charge in [0.2, 0.25) is 0 Å². The average molecular weight is 268 g/mol. The first-order valence-corrected chi connectivity index (χ1v) is 8.09. The van der Waals surface area contributed by atoms with Crippen molar-refractivity contribution in [2.75, 3.05) is 26.2 Å². The van der Waals surface area contributed by atoms with Crippen LogP contribution in [0.25, 0.3) is 0 Å². The molecule has 3 heteroatoms. The molecular weight excluding hydrogens is 236 g/mol. The Bertz CT molecular complexity index is 278. The molecule has 112 valence electrons. The number of hydrogen-bond acceptors (Lipinski definition) is 3. The zero-order valence-electron chi connectivity index (χ0n) is 13.2. The molecule has 0 saturated carbocycles. The van der Waals surface area contributed by atoms with Gasteiger partial charge in [0, 0.05) is 19.1 Å². The maximum Gasteiger partial charge on any atom is 0.0710 e. The SMILES string of the molecule is CC(C)CNCC1CCCN1CC1CCC(C)(C)O1. The Morgan fingerprint density at radius 3 is 2.74 bits per heavy atom. The Morgan fingerprint density at radius 1 is 1.32 bits per heavy atom. The molecule has 2 atom stereocenters. The summed E-state index contributed by atoms with van der Waals surface area (Å²) >= 11 is 0. The van der Waals surface area contributed by atoms with Crippen LogP contribution < -0.4 is 5.32 Å². The van der Waals surface area contributed by atoms with Gasteiger partial charge in [0.15, 0.2) is 0 Å². The number of nitrogens with zero attached hydrogens (tertiary/aromatic N) is 1. The van der Waals surface area contributed by atoms with E-state index >= 15 is 0 Å². The van der Waals surface area contributed by atoms with E-state index in [1.807, 2.05) is 0 Å². The molecular formula is C16H32N2O. The van der Waals surface area contributed by atoms with E-state index in [0.717, 1.165) is 31.6 Å². The van der Waals surface area contributed by atoms with Crippen LogP contribution in [0.1, 0.15) is 53.4 Å². The Hall–Kier alpha value is -0.120. The van der Waals surface area contributed by atoms with Crippen LogP contribution in [0.15, 0.2) is 0 Å². The summed E-state index contributed by atoms with van der Waals surface area (Å²) in [6, 6.07) is 0.728. The quantitative estimate of drug-likeness (QED) is 0.801. The summed E-state index contributed by atoms with van der Waals surface area (Å²) in [6.07, 6.45) is 5.60. The summed E-state index contributed by atoms with van der Waals surface area (Å²) in [5.74, 6) is 0.744. The van der Waals surface area contributed by atoms with Gasteiger partial charge in [-0.1, -0.05) is 13.8 Å². The van der Waals surface area contributed by atoms with Crippen molar-refractivity contribution in [3.05, 3.63) is 0 Å². The first-order chi connectivity index (χ1) is 8.96.